The molecule has 0 aromatic rings. The maximum absolute atomic E-state index is 10.3. The number of rotatable bonds is 12. The van der Waals surface area contributed by atoms with E-state index >= 15 is 0 Å². The van der Waals surface area contributed by atoms with Crippen molar-refractivity contribution in [1.82, 2.24) is 5.06 Å². The molecular formula is C16H35NO3. The van der Waals surface area contributed by atoms with Crippen LogP contribution in [0.4, 0.5) is 0 Å². The van der Waals surface area contributed by atoms with E-state index in [2.05, 4.69) is 6.92 Å². The number of unbranched alkanes of at least 4 members (excludes halogenated alkanes) is 10. The van der Waals surface area contributed by atoms with Gasteiger partial charge in [0.25, 0.3) is 0 Å². The summed E-state index contributed by atoms with van der Waals surface area (Å²) in [6.07, 6.45) is 14.4. The Kier molecular flexibility index (Phi) is 19.9. The lowest BCUT2D eigenvalue weighted by molar-refractivity contribution is -0.137. The van der Waals surface area contributed by atoms with E-state index in [4.69, 9.17) is 10.3 Å². The van der Waals surface area contributed by atoms with Crippen molar-refractivity contribution >= 4 is 5.97 Å². The summed E-state index contributed by atoms with van der Waals surface area (Å²) < 4.78 is 0. The number of carboxylic acids is 1. The molecule has 4 nitrogen and oxygen atoms in total. The predicted octanol–water partition coefficient (Wildman–Crippen LogP) is 4.71. The van der Waals surface area contributed by atoms with E-state index < -0.39 is 5.97 Å². The molecule has 0 saturated heterocycles. The Morgan fingerprint density at radius 1 is 0.800 bits per heavy atom. The zero-order valence-electron chi connectivity index (χ0n) is 13.7. The molecule has 0 aromatic heterocycles. The molecule has 0 aliphatic heterocycles. The standard InChI is InChI=1S/C14H28O2.C2H7NO/c1-2-3-4-5-6-7-8-9-10-11-12-13-14(15)16;1-3(2)4/h2-13H2,1H3,(H,15,16);4H,1-2H3. The third-order valence-corrected chi connectivity index (χ3v) is 2.99. The van der Waals surface area contributed by atoms with Gasteiger partial charge in [-0.15, -0.1) is 0 Å². The fourth-order valence-electron chi connectivity index (χ4n) is 1.94. The third kappa shape index (κ3) is 30.4. The molecule has 0 atom stereocenters. The van der Waals surface area contributed by atoms with E-state index in [0.29, 0.717) is 6.42 Å². The lowest BCUT2D eigenvalue weighted by Crippen LogP contribution is -2.01. The van der Waals surface area contributed by atoms with Gasteiger partial charge >= 0.3 is 5.97 Å². The number of hydrogen-bond acceptors (Lipinski definition) is 3. The predicted molar refractivity (Wildman–Crippen MR) is 84.2 cm³/mol. The summed E-state index contributed by atoms with van der Waals surface area (Å²) in [5, 5.41) is 17.3. The number of aliphatic carboxylic acids is 1. The van der Waals surface area contributed by atoms with Gasteiger partial charge in [0.05, 0.1) is 0 Å². The van der Waals surface area contributed by atoms with Crippen LogP contribution in [0, 0.1) is 0 Å². The number of hydroxylamine groups is 2. The molecule has 2 N–H and O–H groups in total. The van der Waals surface area contributed by atoms with E-state index in [0.717, 1.165) is 17.9 Å². The molecule has 0 spiro atoms. The monoisotopic (exact) mass is 289 g/mol. The van der Waals surface area contributed by atoms with E-state index in [1.54, 1.807) is 14.1 Å². The van der Waals surface area contributed by atoms with E-state index in [1.165, 1.54) is 57.8 Å². The van der Waals surface area contributed by atoms with Crippen LogP contribution in [0.3, 0.4) is 0 Å². The van der Waals surface area contributed by atoms with Gasteiger partial charge in [0.15, 0.2) is 0 Å². The van der Waals surface area contributed by atoms with Crippen LogP contribution in [-0.4, -0.2) is 35.4 Å². The zero-order valence-corrected chi connectivity index (χ0v) is 13.7. The molecule has 0 rings (SSSR count). The van der Waals surface area contributed by atoms with E-state index in [9.17, 15) is 4.79 Å². The first-order valence-corrected chi connectivity index (χ1v) is 8.08. The first kappa shape index (κ1) is 21.7. The number of carboxylic acid groups (broad SMARTS) is 1. The van der Waals surface area contributed by atoms with Gasteiger partial charge in [0, 0.05) is 20.5 Å². The smallest absolute Gasteiger partial charge is 0.303 e. The first-order chi connectivity index (χ1) is 9.50. The first-order valence-electron chi connectivity index (χ1n) is 8.08. The van der Waals surface area contributed by atoms with Crippen LogP contribution in [0.5, 0.6) is 0 Å². The van der Waals surface area contributed by atoms with Crippen LogP contribution in [0.15, 0.2) is 0 Å². The summed E-state index contributed by atoms with van der Waals surface area (Å²) in [4.78, 5) is 10.3. The van der Waals surface area contributed by atoms with Crippen molar-refractivity contribution in [3.05, 3.63) is 0 Å². The minimum atomic E-state index is -0.657. The number of carbonyl (C=O) groups is 1. The average molecular weight is 289 g/mol. The summed E-state index contributed by atoms with van der Waals surface area (Å²) in [6.45, 7) is 2.25. The quantitative estimate of drug-likeness (QED) is 0.403. The second-order valence-electron chi connectivity index (χ2n) is 5.53. The van der Waals surface area contributed by atoms with Crippen molar-refractivity contribution in [2.75, 3.05) is 14.1 Å². The summed E-state index contributed by atoms with van der Waals surface area (Å²) in [5.41, 5.74) is 0. The summed E-state index contributed by atoms with van der Waals surface area (Å²) in [5.74, 6) is -0.657. The molecule has 4 heteroatoms. The maximum Gasteiger partial charge on any atom is 0.303 e. The molecule has 0 amide bonds. The van der Waals surface area contributed by atoms with Gasteiger partial charge in [-0.05, 0) is 6.42 Å². The summed E-state index contributed by atoms with van der Waals surface area (Å²) >= 11 is 0. The third-order valence-electron chi connectivity index (χ3n) is 2.99. The molecule has 0 aliphatic carbocycles. The fourth-order valence-corrected chi connectivity index (χ4v) is 1.94. The Morgan fingerprint density at radius 3 is 1.40 bits per heavy atom. The molecule has 0 aromatic carbocycles. The molecule has 0 heterocycles. The SMILES string of the molecule is CCCCCCCCCCCCCC(=O)O.CN(C)O. The second-order valence-corrected chi connectivity index (χ2v) is 5.53. The zero-order chi connectivity index (χ0) is 15.6. The van der Waals surface area contributed by atoms with Gasteiger partial charge in [-0.1, -0.05) is 71.1 Å². The Labute approximate surface area is 125 Å². The van der Waals surface area contributed by atoms with Crippen molar-refractivity contribution in [3.63, 3.8) is 0 Å². The van der Waals surface area contributed by atoms with Crippen molar-refractivity contribution < 1.29 is 15.1 Å². The largest absolute Gasteiger partial charge is 0.481 e. The molecule has 0 radical (unpaired) electrons. The highest BCUT2D eigenvalue weighted by molar-refractivity contribution is 5.66. The number of hydrogen-bond donors (Lipinski definition) is 2. The number of nitrogens with zero attached hydrogens (tertiary/aromatic N) is 1. The van der Waals surface area contributed by atoms with Crippen LogP contribution < -0.4 is 0 Å². The minimum absolute atomic E-state index is 0.344. The van der Waals surface area contributed by atoms with Crippen LogP contribution in [0.2, 0.25) is 0 Å². The van der Waals surface area contributed by atoms with Gasteiger partial charge in [-0.3, -0.25) is 4.79 Å². The fraction of sp³-hybridized carbons (Fsp3) is 0.938. The van der Waals surface area contributed by atoms with Crippen LogP contribution in [0.1, 0.15) is 84.0 Å². The molecule has 0 saturated carbocycles. The Bertz CT molecular complexity index is 193. The highest BCUT2D eigenvalue weighted by atomic mass is 16.5. The van der Waals surface area contributed by atoms with Crippen LogP contribution in [0.25, 0.3) is 0 Å². The van der Waals surface area contributed by atoms with Crippen LogP contribution in [-0.2, 0) is 4.79 Å². The molecule has 0 unspecified atom stereocenters. The second kappa shape index (κ2) is 18.4. The van der Waals surface area contributed by atoms with Crippen molar-refractivity contribution in [3.8, 4) is 0 Å². The minimum Gasteiger partial charge on any atom is -0.481 e. The molecule has 0 fully saturated rings. The maximum atomic E-state index is 10.3. The van der Waals surface area contributed by atoms with Crippen molar-refractivity contribution in [1.29, 1.82) is 0 Å². The summed E-state index contributed by atoms with van der Waals surface area (Å²) in [6, 6.07) is 0. The Balaban J connectivity index is 0. The van der Waals surface area contributed by atoms with Gasteiger partial charge in [-0.25, -0.2) is 0 Å². The van der Waals surface area contributed by atoms with Crippen molar-refractivity contribution in [2.45, 2.75) is 84.0 Å². The van der Waals surface area contributed by atoms with Crippen molar-refractivity contribution in [2.24, 2.45) is 0 Å². The average Bonchev–Trinajstić information content (AvgIpc) is 2.35. The van der Waals surface area contributed by atoms with E-state index in [-0.39, 0.29) is 0 Å². The van der Waals surface area contributed by atoms with Gasteiger partial charge in [0.2, 0.25) is 0 Å². The van der Waals surface area contributed by atoms with Crippen LogP contribution >= 0.6 is 0 Å². The molecule has 122 valence electrons. The van der Waals surface area contributed by atoms with E-state index in [1.807, 2.05) is 0 Å². The lowest BCUT2D eigenvalue weighted by atomic mass is 10.1. The highest BCUT2D eigenvalue weighted by Gasteiger charge is 1.96. The normalized spacial score (nSPS) is 10.2. The molecule has 0 bridgehead atoms. The van der Waals surface area contributed by atoms with Gasteiger partial charge in [0.1, 0.15) is 0 Å². The van der Waals surface area contributed by atoms with Gasteiger partial charge < -0.3 is 10.3 Å². The molecule has 0 aliphatic rings. The molecular weight excluding hydrogens is 254 g/mol. The highest BCUT2D eigenvalue weighted by Crippen LogP contribution is 2.11. The lowest BCUT2D eigenvalue weighted by Gasteiger charge is -2.01. The van der Waals surface area contributed by atoms with Gasteiger partial charge in [-0.2, -0.15) is 5.06 Å². The summed E-state index contributed by atoms with van der Waals surface area (Å²) in [7, 11) is 3.11. The Morgan fingerprint density at radius 2 is 1.10 bits per heavy atom. The Hall–Kier alpha value is -0.610. The topological polar surface area (TPSA) is 60.8 Å². The molecule has 20 heavy (non-hydrogen) atoms.